The highest BCUT2D eigenvalue weighted by molar-refractivity contribution is 5.28. The fourth-order valence-corrected chi connectivity index (χ4v) is 0.564. The molecule has 0 aromatic heterocycles. The quantitative estimate of drug-likeness (QED) is 0.627. The maximum atomic E-state index is 5.62. The lowest BCUT2D eigenvalue weighted by molar-refractivity contribution is 1.27. The SMILES string of the molecule is CC.C\C=C/C=C(C)\C(N)=C/C. The average Bonchev–Trinajstić information content (AvgIpc) is 2.16. The summed E-state index contributed by atoms with van der Waals surface area (Å²) in [5, 5.41) is 0. The first kappa shape index (κ1) is 13.6. The highest BCUT2D eigenvalue weighted by Crippen LogP contribution is 2.01. The van der Waals surface area contributed by atoms with Gasteiger partial charge in [-0.05, 0) is 26.3 Å². The van der Waals surface area contributed by atoms with Gasteiger partial charge in [-0.1, -0.05) is 38.2 Å². The maximum Gasteiger partial charge on any atom is 0.0300 e. The second-order valence-corrected chi connectivity index (χ2v) is 2.12. The smallest absolute Gasteiger partial charge is 0.0300 e. The summed E-state index contributed by atoms with van der Waals surface area (Å²) in [6.45, 7) is 9.91. The van der Waals surface area contributed by atoms with Crippen molar-refractivity contribution in [1.29, 1.82) is 0 Å². The van der Waals surface area contributed by atoms with Crippen LogP contribution in [-0.4, -0.2) is 0 Å². The molecule has 0 aromatic carbocycles. The van der Waals surface area contributed by atoms with Crippen LogP contribution in [0.15, 0.2) is 35.6 Å². The van der Waals surface area contributed by atoms with Gasteiger partial charge in [0.25, 0.3) is 0 Å². The van der Waals surface area contributed by atoms with Gasteiger partial charge in [-0.25, -0.2) is 0 Å². The Hall–Kier alpha value is -0.980. The van der Waals surface area contributed by atoms with Gasteiger partial charge < -0.3 is 5.73 Å². The molecule has 12 heavy (non-hydrogen) atoms. The van der Waals surface area contributed by atoms with Crippen LogP contribution in [-0.2, 0) is 0 Å². The zero-order valence-electron chi connectivity index (χ0n) is 8.89. The first-order chi connectivity index (χ1) is 5.72. The molecule has 0 aliphatic heterocycles. The van der Waals surface area contributed by atoms with Crippen LogP contribution in [0.5, 0.6) is 0 Å². The Bertz CT molecular complexity index is 173. The molecule has 0 saturated heterocycles. The van der Waals surface area contributed by atoms with E-state index < -0.39 is 0 Å². The summed E-state index contributed by atoms with van der Waals surface area (Å²) in [6, 6.07) is 0. The molecule has 0 radical (unpaired) electrons. The highest BCUT2D eigenvalue weighted by atomic mass is 14.6. The summed E-state index contributed by atoms with van der Waals surface area (Å²) in [6.07, 6.45) is 7.85. The number of hydrogen-bond acceptors (Lipinski definition) is 1. The lowest BCUT2D eigenvalue weighted by Gasteiger charge is -1.96. The van der Waals surface area contributed by atoms with Gasteiger partial charge in [0, 0.05) is 5.70 Å². The Morgan fingerprint density at radius 3 is 2.00 bits per heavy atom. The molecular weight excluding hydrogens is 146 g/mol. The minimum atomic E-state index is 0.845. The van der Waals surface area contributed by atoms with Crippen LogP contribution >= 0.6 is 0 Å². The summed E-state index contributed by atoms with van der Waals surface area (Å²) in [7, 11) is 0. The molecule has 0 aliphatic rings. The van der Waals surface area contributed by atoms with Gasteiger partial charge in [-0.2, -0.15) is 0 Å². The van der Waals surface area contributed by atoms with Crippen molar-refractivity contribution >= 4 is 0 Å². The maximum absolute atomic E-state index is 5.62. The van der Waals surface area contributed by atoms with E-state index in [1.807, 2.05) is 58.9 Å². The zero-order chi connectivity index (χ0) is 9.98. The van der Waals surface area contributed by atoms with Crippen molar-refractivity contribution in [2.75, 3.05) is 0 Å². The third-order valence-corrected chi connectivity index (χ3v) is 1.31. The van der Waals surface area contributed by atoms with Crippen molar-refractivity contribution in [1.82, 2.24) is 0 Å². The average molecular weight is 167 g/mol. The minimum absolute atomic E-state index is 0.845. The van der Waals surface area contributed by atoms with Crippen molar-refractivity contribution in [3.05, 3.63) is 35.6 Å². The Labute approximate surface area is 76.7 Å². The standard InChI is InChI=1S/C9H15N.C2H6/c1-4-6-7-8(3)9(10)5-2;1-2/h4-7H,10H2,1-3H3;1-2H3/b6-4-,8-7-,9-5+;. The largest absolute Gasteiger partial charge is 0.399 e. The van der Waals surface area contributed by atoms with Crippen LogP contribution in [0, 0.1) is 0 Å². The van der Waals surface area contributed by atoms with E-state index in [-0.39, 0.29) is 0 Å². The highest BCUT2D eigenvalue weighted by Gasteiger charge is 1.86. The van der Waals surface area contributed by atoms with Gasteiger partial charge in [0.15, 0.2) is 0 Å². The van der Waals surface area contributed by atoms with E-state index in [4.69, 9.17) is 5.73 Å². The normalized spacial score (nSPS) is 12.8. The number of rotatable bonds is 2. The van der Waals surface area contributed by atoms with Gasteiger partial charge >= 0.3 is 0 Å². The number of allylic oxidation sites excluding steroid dienone is 5. The topological polar surface area (TPSA) is 26.0 Å². The van der Waals surface area contributed by atoms with Crippen molar-refractivity contribution in [3.63, 3.8) is 0 Å². The lowest BCUT2D eigenvalue weighted by atomic mass is 10.2. The summed E-state index contributed by atoms with van der Waals surface area (Å²) in [5.74, 6) is 0. The Morgan fingerprint density at radius 1 is 1.17 bits per heavy atom. The van der Waals surface area contributed by atoms with Gasteiger partial charge in [-0.15, -0.1) is 0 Å². The third-order valence-electron chi connectivity index (χ3n) is 1.31. The summed E-state index contributed by atoms with van der Waals surface area (Å²) in [4.78, 5) is 0. The molecule has 0 amide bonds. The summed E-state index contributed by atoms with van der Waals surface area (Å²) in [5.41, 5.74) is 7.57. The molecular formula is C11H21N. The molecule has 0 unspecified atom stereocenters. The molecule has 0 fully saturated rings. The minimum Gasteiger partial charge on any atom is -0.399 e. The van der Waals surface area contributed by atoms with Crippen LogP contribution in [0.25, 0.3) is 0 Å². The molecule has 0 aliphatic carbocycles. The lowest BCUT2D eigenvalue weighted by Crippen LogP contribution is -1.96. The van der Waals surface area contributed by atoms with Crippen molar-refractivity contribution < 1.29 is 0 Å². The molecule has 0 aromatic rings. The van der Waals surface area contributed by atoms with E-state index in [1.165, 1.54) is 0 Å². The first-order valence-corrected chi connectivity index (χ1v) is 4.44. The van der Waals surface area contributed by atoms with Gasteiger partial charge in [0.2, 0.25) is 0 Å². The van der Waals surface area contributed by atoms with Crippen LogP contribution in [0.2, 0.25) is 0 Å². The molecule has 2 N–H and O–H groups in total. The molecule has 0 atom stereocenters. The van der Waals surface area contributed by atoms with Crippen LogP contribution < -0.4 is 5.73 Å². The van der Waals surface area contributed by atoms with E-state index >= 15 is 0 Å². The Kier molecular flexibility index (Phi) is 11.4. The van der Waals surface area contributed by atoms with Gasteiger partial charge in [0.1, 0.15) is 0 Å². The molecule has 1 heteroatoms. The molecule has 1 nitrogen and oxygen atoms in total. The van der Waals surface area contributed by atoms with E-state index in [0.29, 0.717) is 0 Å². The fourth-order valence-electron chi connectivity index (χ4n) is 0.564. The third kappa shape index (κ3) is 7.13. The molecule has 0 saturated carbocycles. The summed E-state index contributed by atoms with van der Waals surface area (Å²) < 4.78 is 0. The molecule has 0 rings (SSSR count). The van der Waals surface area contributed by atoms with Gasteiger partial charge in [-0.3, -0.25) is 0 Å². The number of hydrogen-bond donors (Lipinski definition) is 1. The summed E-state index contributed by atoms with van der Waals surface area (Å²) >= 11 is 0. The first-order valence-electron chi connectivity index (χ1n) is 4.44. The van der Waals surface area contributed by atoms with E-state index in [9.17, 15) is 0 Å². The Balaban J connectivity index is 0. The molecule has 70 valence electrons. The van der Waals surface area contributed by atoms with E-state index in [1.54, 1.807) is 0 Å². The van der Waals surface area contributed by atoms with E-state index in [2.05, 4.69) is 0 Å². The van der Waals surface area contributed by atoms with Gasteiger partial charge in [0.05, 0.1) is 0 Å². The molecule has 0 spiro atoms. The predicted octanol–water partition coefficient (Wildman–Crippen LogP) is 3.40. The number of nitrogens with two attached hydrogens (primary N) is 1. The van der Waals surface area contributed by atoms with Crippen molar-refractivity contribution in [3.8, 4) is 0 Å². The second-order valence-electron chi connectivity index (χ2n) is 2.12. The van der Waals surface area contributed by atoms with Crippen molar-refractivity contribution in [2.24, 2.45) is 5.73 Å². The Morgan fingerprint density at radius 2 is 1.67 bits per heavy atom. The van der Waals surface area contributed by atoms with Crippen LogP contribution in [0.3, 0.4) is 0 Å². The molecule has 0 bridgehead atoms. The van der Waals surface area contributed by atoms with E-state index in [0.717, 1.165) is 11.3 Å². The van der Waals surface area contributed by atoms with Crippen LogP contribution in [0.1, 0.15) is 34.6 Å². The fraction of sp³-hybridized carbons (Fsp3) is 0.455. The predicted molar refractivity (Wildman–Crippen MR) is 57.9 cm³/mol. The monoisotopic (exact) mass is 167 g/mol. The second kappa shape index (κ2) is 10.0. The zero-order valence-corrected chi connectivity index (χ0v) is 8.89. The van der Waals surface area contributed by atoms with Crippen molar-refractivity contribution in [2.45, 2.75) is 34.6 Å². The molecule has 0 heterocycles. The van der Waals surface area contributed by atoms with Crippen LogP contribution in [0.4, 0.5) is 0 Å².